The predicted molar refractivity (Wildman–Crippen MR) is 61.7 cm³/mol. The van der Waals surface area contributed by atoms with Crippen molar-refractivity contribution in [1.82, 2.24) is 0 Å². The average molecular weight is 237 g/mol. The second kappa shape index (κ2) is 6.52. The molecule has 1 amide bonds. The summed E-state index contributed by atoms with van der Waals surface area (Å²) in [5, 5.41) is 0. The molecule has 92 valence electrons. The zero-order chi connectivity index (χ0) is 12.7. The second-order valence-electron chi connectivity index (χ2n) is 3.42. The van der Waals surface area contributed by atoms with Gasteiger partial charge in [-0.3, -0.25) is 4.79 Å². The van der Waals surface area contributed by atoms with Gasteiger partial charge in [0.25, 0.3) is 5.91 Å². The predicted octanol–water partition coefficient (Wildman–Crippen LogP) is 1.12. The molecule has 0 radical (unpaired) electrons. The first-order valence-electron chi connectivity index (χ1n) is 5.31. The summed E-state index contributed by atoms with van der Waals surface area (Å²) in [6.07, 6.45) is 0.919. The van der Waals surface area contributed by atoms with E-state index in [1.807, 2.05) is 6.92 Å². The molecule has 1 rings (SSSR count). The fourth-order valence-electron chi connectivity index (χ4n) is 1.13. The zero-order valence-electron chi connectivity index (χ0n) is 9.64. The van der Waals surface area contributed by atoms with Gasteiger partial charge in [-0.05, 0) is 30.7 Å². The summed E-state index contributed by atoms with van der Waals surface area (Å²) >= 11 is 0. The van der Waals surface area contributed by atoms with Crippen LogP contribution < -0.4 is 10.5 Å². The Bertz CT molecular complexity index is 386. The fourth-order valence-corrected chi connectivity index (χ4v) is 1.13. The zero-order valence-corrected chi connectivity index (χ0v) is 9.64. The first-order valence-corrected chi connectivity index (χ1v) is 5.31. The number of carbonyl (C=O) groups excluding carboxylic acids is 2. The summed E-state index contributed by atoms with van der Waals surface area (Å²) in [4.78, 5) is 21.8. The molecular weight excluding hydrogens is 222 g/mol. The molecule has 0 saturated heterocycles. The lowest BCUT2D eigenvalue weighted by Crippen LogP contribution is -2.20. The highest BCUT2D eigenvalue weighted by molar-refractivity contribution is 5.91. The molecule has 0 fully saturated rings. The van der Waals surface area contributed by atoms with Crippen LogP contribution in [0.1, 0.15) is 23.7 Å². The molecule has 17 heavy (non-hydrogen) atoms. The SMILES string of the molecule is CCCOc1ccc(C(=O)OCC(N)=O)cc1. The van der Waals surface area contributed by atoms with Crippen molar-refractivity contribution in [2.45, 2.75) is 13.3 Å². The molecule has 0 spiro atoms. The van der Waals surface area contributed by atoms with Crippen LogP contribution in [0.25, 0.3) is 0 Å². The molecule has 5 nitrogen and oxygen atoms in total. The van der Waals surface area contributed by atoms with Crippen LogP contribution in [-0.2, 0) is 9.53 Å². The Kier molecular flexibility index (Phi) is 5.00. The maximum Gasteiger partial charge on any atom is 0.338 e. The number of amides is 1. The van der Waals surface area contributed by atoms with E-state index < -0.39 is 18.5 Å². The highest BCUT2D eigenvalue weighted by atomic mass is 16.5. The quantitative estimate of drug-likeness (QED) is 0.752. The fraction of sp³-hybridized carbons (Fsp3) is 0.333. The van der Waals surface area contributed by atoms with Crippen LogP contribution in [0.3, 0.4) is 0 Å². The number of ether oxygens (including phenoxy) is 2. The Balaban J connectivity index is 2.54. The maximum absolute atomic E-state index is 11.4. The summed E-state index contributed by atoms with van der Waals surface area (Å²) in [5.41, 5.74) is 5.22. The third-order valence-corrected chi connectivity index (χ3v) is 1.91. The van der Waals surface area contributed by atoms with Crippen LogP contribution in [0.4, 0.5) is 0 Å². The normalized spacial score (nSPS) is 9.71. The molecule has 0 bridgehead atoms. The summed E-state index contributed by atoms with van der Waals surface area (Å²) in [7, 11) is 0. The van der Waals surface area contributed by atoms with Gasteiger partial charge in [-0.25, -0.2) is 4.79 Å². The summed E-state index contributed by atoms with van der Waals surface area (Å²) < 4.78 is 10.0. The van der Waals surface area contributed by atoms with E-state index in [2.05, 4.69) is 4.74 Å². The molecule has 0 atom stereocenters. The van der Waals surface area contributed by atoms with Crippen LogP contribution >= 0.6 is 0 Å². The highest BCUT2D eigenvalue weighted by Crippen LogP contribution is 2.13. The van der Waals surface area contributed by atoms with Gasteiger partial charge in [0.15, 0.2) is 6.61 Å². The van der Waals surface area contributed by atoms with E-state index in [1.165, 1.54) is 0 Å². The first-order chi connectivity index (χ1) is 8.13. The lowest BCUT2D eigenvalue weighted by Gasteiger charge is -2.05. The van der Waals surface area contributed by atoms with E-state index in [0.717, 1.165) is 6.42 Å². The van der Waals surface area contributed by atoms with Crippen molar-refractivity contribution in [3.05, 3.63) is 29.8 Å². The monoisotopic (exact) mass is 237 g/mol. The molecule has 5 heteroatoms. The molecule has 0 saturated carbocycles. The molecule has 0 heterocycles. The van der Waals surface area contributed by atoms with E-state index in [4.69, 9.17) is 10.5 Å². The summed E-state index contributed by atoms with van der Waals surface area (Å²) in [6.45, 7) is 2.23. The van der Waals surface area contributed by atoms with Gasteiger partial charge < -0.3 is 15.2 Å². The van der Waals surface area contributed by atoms with Crippen molar-refractivity contribution >= 4 is 11.9 Å². The van der Waals surface area contributed by atoms with Gasteiger partial charge in [0, 0.05) is 0 Å². The number of rotatable bonds is 6. The van der Waals surface area contributed by atoms with Gasteiger partial charge in [0.1, 0.15) is 5.75 Å². The van der Waals surface area contributed by atoms with Crippen molar-refractivity contribution in [3.63, 3.8) is 0 Å². The van der Waals surface area contributed by atoms with Crippen molar-refractivity contribution < 1.29 is 19.1 Å². The van der Waals surface area contributed by atoms with E-state index in [9.17, 15) is 9.59 Å². The number of hydrogen-bond acceptors (Lipinski definition) is 4. The number of benzene rings is 1. The van der Waals surface area contributed by atoms with Crippen LogP contribution in [0, 0.1) is 0 Å². The Morgan fingerprint density at radius 1 is 1.24 bits per heavy atom. The van der Waals surface area contributed by atoms with Crippen LogP contribution in [0.5, 0.6) is 5.75 Å². The first kappa shape index (κ1) is 13.0. The van der Waals surface area contributed by atoms with E-state index in [1.54, 1.807) is 24.3 Å². The maximum atomic E-state index is 11.4. The Hall–Kier alpha value is -2.04. The third-order valence-electron chi connectivity index (χ3n) is 1.91. The minimum Gasteiger partial charge on any atom is -0.494 e. The van der Waals surface area contributed by atoms with Gasteiger partial charge in [0.05, 0.1) is 12.2 Å². The lowest BCUT2D eigenvalue weighted by atomic mass is 10.2. The van der Waals surface area contributed by atoms with E-state index in [-0.39, 0.29) is 0 Å². The van der Waals surface area contributed by atoms with Crippen molar-refractivity contribution in [2.24, 2.45) is 5.73 Å². The minimum absolute atomic E-state index is 0.357. The number of carbonyl (C=O) groups is 2. The smallest absolute Gasteiger partial charge is 0.338 e. The van der Waals surface area contributed by atoms with Crippen LogP contribution in [-0.4, -0.2) is 25.1 Å². The number of primary amides is 1. The molecule has 0 aliphatic rings. The van der Waals surface area contributed by atoms with Crippen LogP contribution in [0.15, 0.2) is 24.3 Å². The Labute approximate surface area is 99.5 Å². The van der Waals surface area contributed by atoms with Gasteiger partial charge in [-0.1, -0.05) is 6.92 Å². The number of esters is 1. The molecular formula is C12H15NO4. The molecule has 0 aliphatic carbocycles. The van der Waals surface area contributed by atoms with Crippen molar-refractivity contribution in [3.8, 4) is 5.75 Å². The second-order valence-corrected chi connectivity index (χ2v) is 3.42. The topological polar surface area (TPSA) is 78.6 Å². The largest absolute Gasteiger partial charge is 0.494 e. The van der Waals surface area contributed by atoms with Gasteiger partial charge in [-0.15, -0.1) is 0 Å². The number of nitrogens with two attached hydrogens (primary N) is 1. The standard InChI is InChI=1S/C12H15NO4/c1-2-7-16-10-5-3-9(4-6-10)12(15)17-8-11(13)14/h3-6H,2,7-8H2,1H3,(H2,13,14). The Morgan fingerprint density at radius 2 is 1.88 bits per heavy atom. The summed E-state index contributed by atoms with van der Waals surface area (Å²) in [6, 6.07) is 6.51. The Morgan fingerprint density at radius 3 is 2.41 bits per heavy atom. The van der Waals surface area contributed by atoms with Crippen molar-refractivity contribution in [1.29, 1.82) is 0 Å². The third kappa shape index (κ3) is 4.55. The number of hydrogen-bond donors (Lipinski definition) is 1. The highest BCUT2D eigenvalue weighted by Gasteiger charge is 2.08. The molecule has 0 aromatic heterocycles. The van der Waals surface area contributed by atoms with E-state index >= 15 is 0 Å². The average Bonchev–Trinajstić information content (AvgIpc) is 2.34. The lowest BCUT2D eigenvalue weighted by molar-refractivity contribution is -0.121. The summed E-state index contributed by atoms with van der Waals surface area (Å²) in [5.74, 6) is -0.564. The molecule has 2 N–H and O–H groups in total. The molecule has 1 aromatic carbocycles. The minimum atomic E-state index is -0.679. The van der Waals surface area contributed by atoms with Gasteiger partial charge in [-0.2, -0.15) is 0 Å². The molecule has 0 unspecified atom stereocenters. The molecule has 0 aliphatic heterocycles. The van der Waals surface area contributed by atoms with Gasteiger partial charge >= 0.3 is 5.97 Å². The van der Waals surface area contributed by atoms with Crippen LogP contribution in [0.2, 0.25) is 0 Å². The molecule has 1 aromatic rings. The van der Waals surface area contributed by atoms with Gasteiger partial charge in [0.2, 0.25) is 0 Å². The van der Waals surface area contributed by atoms with E-state index in [0.29, 0.717) is 17.9 Å². The van der Waals surface area contributed by atoms with Crippen molar-refractivity contribution in [2.75, 3.05) is 13.2 Å².